The molecule has 5 rings (SSSR count). The molecule has 2 aliphatic heterocycles. The van der Waals surface area contributed by atoms with Gasteiger partial charge in [-0.1, -0.05) is 72.8 Å². The van der Waals surface area contributed by atoms with E-state index < -0.39 is 0 Å². The van der Waals surface area contributed by atoms with E-state index in [-0.39, 0.29) is 11.1 Å². The van der Waals surface area contributed by atoms with Gasteiger partial charge in [0.15, 0.2) is 0 Å². The summed E-state index contributed by atoms with van der Waals surface area (Å²) in [6, 6.07) is 26.8. The molecule has 0 amide bonds. The number of nitrogens with zero attached hydrogens (tertiary/aromatic N) is 2. The Labute approximate surface area is 205 Å². The average Bonchev–Trinajstić information content (AvgIpc) is 2.80. The summed E-state index contributed by atoms with van der Waals surface area (Å²) in [6.07, 6.45) is 4.80. The van der Waals surface area contributed by atoms with Crippen molar-refractivity contribution in [2.75, 3.05) is 9.80 Å². The van der Waals surface area contributed by atoms with Crippen molar-refractivity contribution in [2.45, 2.75) is 65.7 Å². The molecule has 0 N–H and O–H groups in total. The molecule has 2 heterocycles. The van der Waals surface area contributed by atoms with Gasteiger partial charge in [0.2, 0.25) is 0 Å². The highest BCUT2D eigenvalue weighted by atomic mass is 15.2. The van der Waals surface area contributed by atoms with Crippen molar-refractivity contribution in [1.82, 2.24) is 0 Å². The number of fused-ring (bicyclic) bond motifs is 2. The number of hydrogen-bond donors (Lipinski definition) is 0. The Morgan fingerprint density at radius 2 is 0.882 bits per heavy atom. The molecule has 2 heteroatoms. The van der Waals surface area contributed by atoms with Gasteiger partial charge in [0.25, 0.3) is 0 Å². The molecule has 3 aromatic rings. The van der Waals surface area contributed by atoms with Crippen molar-refractivity contribution in [3.05, 3.63) is 107 Å². The molecule has 0 radical (unpaired) electrons. The fraction of sp³-hybridized carbons (Fsp3) is 0.312. The second kappa shape index (κ2) is 8.20. The van der Waals surface area contributed by atoms with Crippen LogP contribution in [0.4, 0.5) is 11.4 Å². The number of hydrogen-bond acceptors (Lipinski definition) is 2. The first-order valence-corrected chi connectivity index (χ1v) is 12.4. The first-order valence-electron chi connectivity index (χ1n) is 12.4. The SMILES string of the molecule is CC1=CC(C)(C)N(Cc2ccc(CN3c4ccccc4C(C)=CC3(C)C)cc2)c2ccccc21. The predicted molar refractivity (Wildman–Crippen MR) is 147 cm³/mol. The molecule has 0 fully saturated rings. The Morgan fingerprint density at radius 1 is 0.529 bits per heavy atom. The lowest BCUT2D eigenvalue weighted by Crippen LogP contribution is -2.44. The van der Waals surface area contributed by atoms with Gasteiger partial charge in [-0.15, -0.1) is 0 Å². The van der Waals surface area contributed by atoms with Gasteiger partial charge < -0.3 is 9.80 Å². The third-order valence-corrected chi connectivity index (χ3v) is 7.47. The van der Waals surface area contributed by atoms with Crippen molar-refractivity contribution >= 4 is 22.5 Å². The fourth-order valence-corrected chi connectivity index (χ4v) is 5.77. The number of anilines is 2. The Balaban J connectivity index is 1.39. The molecule has 0 saturated carbocycles. The van der Waals surface area contributed by atoms with Gasteiger partial charge >= 0.3 is 0 Å². The summed E-state index contributed by atoms with van der Waals surface area (Å²) in [6.45, 7) is 15.5. The van der Waals surface area contributed by atoms with Crippen LogP contribution in [0.1, 0.15) is 63.8 Å². The summed E-state index contributed by atoms with van der Waals surface area (Å²) in [5.41, 5.74) is 10.7. The maximum absolute atomic E-state index is 2.53. The zero-order valence-electron chi connectivity index (χ0n) is 21.4. The lowest BCUT2D eigenvalue weighted by atomic mass is 9.88. The molecule has 0 aromatic heterocycles. The van der Waals surface area contributed by atoms with Crippen LogP contribution >= 0.6 is 0 Å². The zero-order chi connectivity index (χ0) is 24.1. The van der Waals surface area contributed by atoms with Crippen LogP contribution in [-0.2, 0) is 13.1 Å². The lowest BCUT2D eigenvalue weighted by molar-refractivity contribution is 0.549. The maximum atomic E-state index is 2.53. The number of allylic oxidation sites excluding steroid dienone is 2. The van der Waals surface area contributed by atoms with Crippen LogP contribution in [0, 0.1) is 0 Å². The topological polar surface area (TPSA) is 6.48 Å². The molecule has 0 atom stereocenters. The second-order valence-corrected chi connectivity index (χ2v) is 11.0. The van der Waals surface area contributed by atoms with Crippen molar-refractivity contribution in [3.8, 4) is 0 Å². The van der Waals surface area contributed by atoms with Crippen molar-refractivity contribution in [3.63, 3.8) is 0 Å². The van der Waals surface area contributed by atoms with E-state index in [9.17, 15) is 0 Å². The van der Waals surface area contributed by atoms with E-state index in [0.29, 0.717) is 0 Å². The number of para-hydroxylation sites is 2. The standard InChI is InChI=1S/C32H36N2/c1-23-19-31(3,4)33(29-13-9-7-11-27(23)29)21-25-15-17-26(18-16-25)22-34-30-14-10-8-12-28(30)24(2)20-32(34,5)6/h7-20H,21-22H2,1-6H3. The number of rotatable bonds is 4. The maximum Gasteiger partial charge on any atom is 0.0538 e. The van der Waals surface area contributed by atoms with Crippen molar-refractivity contribution < 1.29 is 0 Å². The first kappa shape index (κ1) is 22.5. The van der Waals surface area contributed by atoms with E-state index in [4.69, 9.17) is 0 Å². The molecular weight excluding hydrogens is 412 g/mol. The summed E-state index contributed by atoms with van der Waals surface area (Å²) in [5, 5.41) is 0. The fourth-order valence-electron chi connectivity index (χ4n) is 5.77. The minimum atomic E-state index is -0.0250. The largest absolute Gasteiger partial charge is 0.358 e. The summed E-state index contributed by atoms with van der Waals surface area (Å²) in [4.78, 5) is 5.06. The van der Waals surface area contributed by atoms with E-state index in [1.807, 2.05) is 0 Å². The highest BCUT2D eigenvalue weighted by molar-refractivity contribution is 5.82. The molecule has 2 aliphatic rings. The van der Waals surface area contributed by atoms with E-state index in [1.54, 1.807) is 0 Å². The summed E-state index contributed by atoms with van der Waals surface area (Å²) in [5.74, 6) is 0. The summed E-state index contributed by atoms with van der Waals surface area (Å²) in [7, 11) is 0. The smallest absolute Gasteiger partial charge is 0.0538 e. The Bertz CT molecular complexity index is 1170. The van der Waals surface area contributed by atoms with Gasteiger partial charge in [0.1, 0.15) is 0 Å². The minimum Gasteiger partial charge on any atom is -0.358 e. The van der Waals surface area contributed by atoms with Crippen LogP contribution in [0.15, 0.2) is 84.9 Å². The van der Waals surface area contributed by atoms with E-state index in [1.165, 1.54) is 44.8 Å². The van der Waals surface area contributed by atoms with Gasteiger partial charge in [-0.3, -0.25) is 0 Å². The predicted octanol–water partition coefficient (Wildman–Crippen LogP) is 8.09. The molecule has 0 unspecified atom stereocenters. The van der Waals surface area contributed by atoms with Gasteiger partial charge in [0.05, 0.1) is 11.1 Å². The first-order chi connectivity index (χ1) is 16.2. The van der Waals surface area contributed by atoms with Crippen LogP contribution < -0.4 is 9.80 Å². The van der Waals surface area contributed by atoms with Crippen LogP contribution in [0.5, 0.6) is 0 Å². The Hall–Kier alpha value is -3.26. The van der Waals surface area contributed by atoms with E-state index in [0.717, 1.165) is 13.1 Å². The van der Waals surface area contributed by atoms with E-state index >= 15 is 0 Å². The monoisotopic (exact) mass is 448 g/mol. The molecule has 3 aromatic carbocycles. The van der Waals surface area contributed by atoms with Crippen LogP contribution in [-0.4, -0.2) is 11.1 Å². The quantitative estimate of drug-likeness (QED) is 0.398. The lowest BCUT2D eigenvalue weighted by Gasteiger charge is -2.44. The van der Waals surface area contributed by atoms with Crippen LogP contribution in [0.3, 0.4) is 0 Å². The van der Waals surface area contributed by atoms with Crippen molar-refractivity contribution in [2.24, 2.45) is 0 Å². The number of benzene rings is 3. The van der Waals surface area contributed by atoms with Gasteiger partial charge in [-0.05, 0) is 75.9 Å². The van der Waals surface area contributed by atoms with Crippen molar-refractivity contribution in [1.29, 1.82) is 0 Å². The molecular formula is C32H36N2. The normalized spacial score (nSPS) is 18.1. The molecule has 174 valence electrons. The molecule has 0 bridgehead atoms. The van der Waals surface area contributed by atoms with Crippen LogP contribution in [0.2, 0.25) is 0 Å². The van der Waals surface area contributed by atoms with Crippen LogP contribution in [0.25, 0.3) is 11.1 Å². The third kappa shape index (κ3) is 3.96. The summed E-state index contributed by atoms with van der Waals surface area (Å²) >= 11 is 0. The Morgan fingerprint density at radius 3 is 1.26 bits per heavy atom. The third-order valence-electron chi connectivity index (χ3n) is 7.47. The highest BCUT2D eigenvalue weighted by Crippen LogP contribution is 2.41. The summed E-state index contributed by atoms with van der Waals surface area (Å²) < 4.78 is 0. The molecule has 0 spiro atoms. The molecule has 0 saturated heterocycles. The zero-order valence-corrected chi connectivity index (χ0v) is 21.4. The van der Waals surface area contributed by atoms with Gasteiger partial charge in [0, 0.05) is 35.6 Å². The highest BCUT2D eigenvalue weighted by Gasteiger charge is 2.32. The van der Waals surface area contributed by atoms with Gasteiger partial charge in [-0.25, -0.2) is 0 Å². The van der Waals surface area contributed by atoms with Gasteiger partial charge in [-0.2, -0.15) is 0 Å². The molecule has 2 nitrogen and oxygen atoms in total. The molecule has 34 heavy (non-hydrogen) atoms. The second-order valence-electron chi connectivity index (χ2n) is 11.0. The molecule has 0 aliphatic carbocycles. The Kier molecular flexibility index (Phi) is 5.43. The van der Waals surface area contributed by atoms with E-state index in [2.05, 4.69) is 136 Å². The average molecular weight is 449 g/mol. The minimum absolute atomic E-state index is 0.0250.